The third kappa shape index (κ3) is 4.72. The molecule has 0 radical (unpaired) electrons. The highest BCUT2D eigenvalue weighted by Crippen LogP contribution is 2.23. The van der Waals surface area contributed by atoms with Gasteiger partial charge in [-0.15, -0.1) is 0 Å². The fourth-order valence-corrected chi connectivity index (χ4v) is 2.92. The summed E-state index contributed by atoms with van der Waals surface area (Å²) in [5.41, 5.74) is 4.25. The lowest BCUT2D eigenvalue weighted by Crippen LogP contribution is -2.48. The van der Waals surface area contributed by atoms with Gasteiger partial charge in [-0.1, -0.05) is 26.0 Å². The molecule has 0 saturated carbocycles. The van der Waals surface area contributed by atoms with E-state index >= 15 is 0 Å². The van der Waals surface area contributed by atoms with Gasteiger partial charge in [0.25, 0.3) is 0 Å². The average Bonchev–Trinajstić information content (AvgIpc) is 2.47. The molecule has 1 heterocycles. The molecule has 1 saturated heterocycles. The molecule has 1 fully saturated rings. The maximum absolute atomic E-state index is 3.54. The molecular weight excluding hydrogens is 258 g/mol. The Kier molecular flexibility index (Phi) is 6.07. The van der Waals surface area contributed by atoms with Gasteiger partial charge in [0, 0.05) is 45.0 Å². The summed E-state index contributed by atoms with van der Waals surface area (Å²) in [7, 11) is 0. The lowest BCUT2D eigenvalue weighted by molar-refractivity contribution is 0.256. The minimum absolute atomic E-state index is 0.742. The van der Waals surface area contributed by atoms with E-state index in [4.69, 9.17) is 0 Å². The van der Waals surface area contributed by atoms with Crippen molar-refractivity contribution in [2.75, 3.05) is 50.7 Å². The van der Waals surface area contributed by atoms with Crippen LogP contribution in [0.2, 0.25) is 0 Å². The minimum Gasteiger partial charge on any atom is -0.369 e. The number of nitrogens with one attached hydrogen (secondary N) is 1. The van der Waals surface area contributed by atoms with Crippen molar-refractivity contribution >= 4 is 5.69 Å². The first kappa shape index (κ1) is 16.3. The maximum Gasteiger partial charge on any atom is 0.0399 e. The predicted molar refractivity (Wildman–Crippen MR) is 92.3 cm³/mol. The summed E-state index contributed by atoms with van der Waals surface area (Å²) in [5.74, 6) is 0.742. The molecule has 0 atom stereocenters. The summed E-state index contributed by atoms with van der Waals surface area (Å²) in [6.45, 7) is 17.0. The SMILES string of the molecule is Cc1cccc(N2CCN(CCNCC(C)C)CC2)c1C. The van der Waals surface area contributed by atoms with Crippen LogP contribution in [0.15, 0.2) is 18.2 Å². The van der Waals surface area contributed by atoms with E-state index in [-0.39, 0.29) is 0 Å². The van der Waals surface area contributed by atoms with Gasteiger partial charge in [0.2, 0.25) is 0 Å². The highest BCUT2D eigenvalue weighted by atomic mass is 15.3. The third-order valence-electron chi connectivity index (χ3n) is 4.45. The Balaban J connectivity index is 1.77. The molecule has 118 valence electrons. The number of nitrogens with zero attached hydrogens (tertiary/aromatic N) is 2. The average molecular weight is 289 g/mol. The lowest BCUT2D eigenvalue weighted by Gasteiger charge is -2.37. The number of anilines is 1. The van der Waals surface area contributed by atoms with Gasteiger partial charge < -0.3 is 10.2 Å². The van der Waals surface area contributed by atoms with Gasteiger partial charge in [0.05, 0.1) is 0 Å². The summed E-state index contributed by atoms with van der Waals surface area (Å²) in [5, 5.41) is 3.54. The van der Waals surface area contributed by atoms with E-state index in [1.54, 1.807) is 0 Å². The van der Waals surface area contributed by atoms with E-state index in [9.17, 15) is 0 Å². The highest BCUT2D eigenvalue weighted by Gasteiger charge is 2.18. The van der Waals surface area contributed by atoms with Gasteiger partial charge in [-0.2, -0.15) is 0 Å². The van der Waals surface area contributed by atoms with Crippen LogP contribution < -0.4 is 10.2 Å². The topological polar surface area (TPSA) is 18.5 Å². The third-order valence-corrected chi connectivity index (χ3v) is 4.45. The van der Waals surface area contributed by atoms with E-state index in [0.29, 0.717) is 0 Å². The van der Waals surface area contributed by atoms with Crippen LogP contribution in [0.25, 0.3) is 0 Å². The van der Waals surface area contributed by atoms with Gasteiger partial charge in [-0.25, -0.2) is 0 Å². The molecule has 0 spiro atoms. The van der Waals surface area contributed by atoms with Crippen molar-refractivity contribution in [1.29, 1.82) is 0 Å². The molecule has 1 aromatic carbocycles. The van der Waals surface area contributed by atoms with E-state index in [1.807, 2.05) is 0 Å². The quantitative estimate of drug-likeness (QED) is 0.812. The van der Waals surface area contributed by atoms with E-state index in [1.165, 1.54) is 36.4 Å². The zero-order chi connectivity index (χ0) is 15.2. The van der Waals surface area contributed by atoms with Gasteiger partial charge in [-0.05, 0) is 43.5 Å². The number of rotatable bonds is 6. The normalized spacial score (nSPS) is 16.7. The van der Waals surface area contributed by atoms with Crippen molar-refractivity contribution in [2.24, 2.45) is 5.92 Å². The summed E-state index contributed by atoms with van der Waals surface area (Å²) in [6.07, 6.45) is 0. The Labute approximate surface area is 130 Å². The van der Waals surface area contributed by atoms with E-state index in [2.05, 4.69) is 61.0 Å². The summed E-state index contributed by atoms with van der Waals surface area (Å²) < 4.78 is 0. The fourth-order valence-electron chi connectivity index (χ4n) is 2.92. The van der Waals surface area contributed by atoms with Gasteiger partial charge in [0.1, 0.15) is 0 Å². The molecule has 0 bridgehead atoms. The van der Waals surface area contributed by atoms with Crippen molar-refractivity contribution in [3.8, 4) is 0 Å². The molecule has 0 unspecified atom stereocenters. The fraction of sp³-hybridized carbons (Fsp3) is 0.667. The molecule has 1 aliphatic rings. The summed E-state index contributed by atoms with van der Waals surface area (Å²) in [6, 6.07) is 6.65. The van der Waals surface area contributed by atoms with Crippen LogP contribution in [0.5, 0.6) is 0 Å². The Bertz CT molecular complexity index is 434. The summed E-state index contributed by atoms with van der Waals surface area (Å²) in [4.78, 5) is 5.12. The number of benzene rings is 1. The van der Waals surface area contributed by atoms with Crippen LogP contribution in [0, 0.1) is 19.8 Å². The molecule has 1 aliphatic heterocycles. The van der Waals surface area contributed by atoms with Crippen LogP contribution >= 0.6 is 0 Å². The number of piperazine rings is 1. The van der Waals surface area contributed by atoms with Crippen molar-refractivity contribution in [1.82, 2.24) is 10.2 Å². The van der Waals surface area contributed by atoms with Crippen molar-refractivity contribution in [2.45, 2.75) is 27.7 Å². The second-order valence-corrected chi connectivity index (χ2v) is 6.65. The Morgan fingerprint density at radius 3 is 2.48 bits per heavy atom. The van der Waals surface area contributed by atoms with Gasteiger partial charge in [0.15, 0.2) is 0 Å². The lowest BCUT2D eigenvalue weighted by atomic mass is 10.1. The molecule has 0 aliphatic carbocycles. The Morgan fingerprint density at radius 1 is 1.10 bits per heavy atom. The first-order valence-electron chi connectivity index (χ1n) is 8.32. The zero-order valence-corrected chi connectivity index (χ0v) is 14.2. The Hall–Kier alpha value is -1.06. The van der Waals surface area contributed by atoms with Crippen molar-refractivity contribution in [3.63, 3.8) is 0 Å². The van der Waals surface area contributed by atoms with E-state index < -0.39 is 0 Å². The molecule has 2 rings (SSSR count). The second-order valence-electron chi connectivity index (χ2n) is 6.65. The largest absolute Gasteiger partial charge is 0.369 e. The molecule has 1 aromatic rings. The molecule has 3 nitrogen and oxygen atoms in total. The molecule has 0 aromatic heterocycles. The molecular formula is C18H31N3. The zero-order valence-electron chi connectivity index (χ0n) is 14.2. The minimum atomic E-state index is 0.742. The number of hydrogen-bond donors (Lipinski definition) is 1. The first-order valence-corrected chi connectivity index (χ1v) is 8.32. The smallest absolute Gasteiger partial charge is 0.0399 e. The first-order chi connectivity index (χ1) is 10.1. The van der Waals surface area contributed by atoms with E-state index in [0.717, 1.165) is 32.1 Å². The highest BCUT2D eigenvalue weighted by molar-refractivity contribution is 5.56. The van der Waals surface area contributed by atoms with Crippen LogP contribution in [0.3, 0.4) is 0 Å². The Morgan fingerprint density at radius 2 is 1.81 bits per heavy atom. The molecule has 21 heavy (non-hydrogen) atoms. The van der Waals surface area contributed by atoms with Crippen LogP contribution in [-0.4, -0.2) is 50.7 Å². The van der Waals surface area contributed by atoms with Crippen LogP contribution in [-0.2, 0) is 0 Å². The van der Waals surface area contributed by atoms with Crippen molar-refractivity contribution < 1.29 is 0 Å². The second kappa shape index (κ2) is 7.81. The molecule has 1 N–H and O–H groups in total. The van der Waals surface area contributed by atoms with Gasteiger partial charge in [-0.3, -0.25) is 4.90 Å². The predicted octanol–water partition coefficient (Wildman–Crippen LogP) is 2.67. The summed E-state index contributed by atoms with van der Waals surface area (Å²) >= 11 is 0. The van der Waals surface area contributed by atoms with Crippen molar-refractivity contribution in [3.05, 3.63) is 29.3 Å². The molecule has 3 heteroatoms. The van der Waals surface area contributed by atoms with Crippen LogP contribution in [0.4, 0.5) is 5.69 Å². The van der Waals surface area contributed by atoms with Gasteiger partial charge >= 0.3 is 0 Å². The number of hydrogen-bond acceptors (Lipinski definition) is 3. The molecule has 0 amide bonds. The monoisotopic (exact) mass is 289 g/mol. The number of aryl methyl sites for hydroxylation is 1. The van der Waals surface area contributed by atoms with Crippen LogP contribution in [0.1, 0.15) is 25.0 Å². The standard InChI is InChI=1S/C18H31N3/c1-15(2)14-19-8-9-20-10-12-21(13-11-20)18-7-5-6-16(3)17(18)4/h5-7,15,19H,8-14H2,1-4H3. The maximum atomic E-state index is 3.54.